The molecule has 1 heterocycles. The monoisotopic (exact) mass is 228 g/mol. The van der Waals surface area contributed by atoms with Crippen LogP contribution in [0.15, 0.2) is 0 Å². The van der Waals surface area contributed by atoms with Gasteiger partial charge < -0.3 is 14.9 Å². The first kappa shape index (κ1) is 13.9. The fourth-order valence-electron chi connectivity index (χ4n) is 2.58. The largest absolute Gasteiger partial charge is 0.392 e. The summed E-state index contributed by atoms with van der Waals surface area (Å²) in [5.41, 5.74) is 0. The number of likely N-dealkylation sites (N-methyl/N-ethyl adjacent to an activating group) is 1. The number of aliphatic hydroxyl groups is 1. The van der Waals surface area contributed by atoms with E-state index in [0.29, 0.717) is 6.04 Å². The zero-order valence-corrected chi connectivity index (χ0v) is 11.2. The Hall–Kier alpha value is -0.120. The average Bonchev–Trinajstić information content (AvgIpc) is 2.29. The highest BCUT2D eigenvalue weighted by Crippen LogP contribution is 2.15. The number of likely N-dealkylation sites (tertiary alicyclic amines) is 1. The Labute approximate surface area is 100 Å². The molecule has 1 unspecified atom stereocenters. The van der Waals surface area contributed by atoms with E-state index in [-0.39, 0.29) is 6.10 Å². The number of aliphatic hydroxyl groups excluding tert-OH is 1. The van der Waals surface area contributed by atoms with Crippen LogP contribution >= 0.6 is 0 Å². The minimum absolute atomic E-state index is 0.140. The number of nitrogens with zero attached hydrogens (tertiary/aromatic N) is 2. The minimum Gasteiger partial charge on any atom is -0.392 e. The summed E-state index contributed by atoms with van der Waals surface area (Å²) in [5, 5.41) is 9.80. The molecule has 1 N–H and O–H groups in total. The summed E-state index contributed by atoms with van der Waals surface area (Å²) in [6, 6.07) is 0.675. The lowest BCUT2D eigenvalue weighted by molar-refractivity contribution is 0.0705. The lowest BCUT2D eigenvalue weighted by Gasteiger charge is -2.37. The van der Waals surface area contributed by atoms with E-state index in [9.17, 15) is 5.11 Å². The van der Waals surface area contributed by atoms with Crippen LogP contribution < -0.4 is 0 Å². The number of rotatable bonds is 6. The topological polar surface area (TPSA) is 26.7 Å². The van der Waals surface area contributed by atoms with Gasteiger partial charge in [0.1, 0.15) is 0 Å². The fraction of sp³-hybridized carbons (Fsp3) is 1.00. The summed E-state index contributed by atoms with van der Waals surface area (Å²) in [6.07, 6.45) is 4.37. The molecule has 0 radical (unpaired) electrons. The van der Waals surface area contributed by atoms with Gasteiger partial charge in [0.2, 0.25) is 0 Å². The molecule has 0 aromatic rings. The standard InChI is InChI=1S/C13H28N2O/c1-4-6-13(16)11-14(3)12-7-9-15(5-2)10-8-12/h12-13,16H,4-11H2,1-3H3. The maximum Gasteiger partial charge on any atom is 0.0667 e. The lowest BCUT2D eigenvalue weighted by atomic mass is 10.0. The molecule has 0 saturated carbocycles. The zero-order valence-electron chi connectivity index (χ0n) is 11.2. The van der Waals surface area contributed by atoms with Gasteiger partial charge in [0.25, 0.3) is 0 Å². The number of hydrogen-bond acceptors (Lipinski definition) is 3. The average molecular weight is 228 g/mol. The van der Waals surface area contributed by atoms with E-state index >= 15 is 0 Å². The third kappa shape index (κ3) is 4.40. The molecule has 1 aliphatic rings. The van der Waals surface area contributed by atoms with E-state index in [1.807, 2.05) is 0 Å². The molecule has 1 saturated heterocycles. The van der Waals surface area contributed by atoms with Crippen molar-refractivity contribution >= 4 is 0 Å². The van der Waals surface area contributed by atoms with Crippen molar-refractivity contribution in [2.45, 2.75) is 51.7 Å². The van der Waals surface area contributed by atoms with Gasteiger partial charge in [0.05, 0.1) is 6.10 Å². The predicted octanol–water partition coefficient (Wildman–Crippen LogP) is 1.56. The normalized spacial score (nSPS) is 21.6. The van der Waals surface area contributed by atoms with Gasteiger partial charge in [-0.05, 0) is 45.9 Å². The van der Waals surface area contributed by atoms with Crippen LogP contribution in [0.3, 0.4) is 0 Å². The SMILES string of the molecule is CCCC(O)CN(C)C1CCN(CC)CC1. The van der Waals surface area contributed by atoms with Crippen molar-refractivity contribution in [2.24, 2.45) is 0 Å². The molecule has 96 valence electrons. The Morgan fingerprint density at radius 2 is 1.94 bits per heavy atom. The van der Waals surface area contributed by atoms with Crippen molar-refractivity contribution in [1.82, 2.24) is 9.80 Å². The number of hydrogen-bond donors (Lipinski definition) is 1. The Bertz CT molecular complexity index is 179. The van der Waals surface area contributed by atoms with Crippen LogP contribution in [0.1, 0.15) is 39.5 Å². The van der Waals surface area contributed by atoms with Crippen molar-refractivity contribution in [3.05, 3.63) is 0 Å². The summed E-state index contributed by atoms with van der Waals surface area (Å²) >= 11 is 0. The van der Waals surface area contributed by atoms with E-state index in [1.54, 1.807) is 0 Å². The summed E-state index contributed by atoms with van der Waals surface area (Å²) < 4.78 is 0. The molecule has 0 aromatic heterocycles. The highest BCUT2D eigenvalue weighted by atomic mass is 16.3. The van der Waals surface area contributed by atoms with Crippen LogP contribution in [0.4, 0.5) is 0 Å². The molecule has 0 spiro atoms. The van der Waals surface area contributed by atoms with Gasteiger partial charge in [-0.2, -0.15) is 0 Å². The van der Waals surface area contributed by atoms with Gasteiger partial charge in [-0.15, -0.1) is 0 Å². The van der Waals surface area contributed by atoms with Gasteiger partial charge in [-0.3, -0.25) is 0 Å². The van der Waals surface area contributed by atoms with Gasteiger partial charge in [0.15, 0.2) is 0 Å². The molecule has 1 fully saturated rings. The van der Waals surface area contributed by atoms with Crippen molar-refractivity contribution in [3.8, 4) is 0 Å². The molecule has 16 heavy (non-hydrogen) atoms. The van der Waals surface area contributed by atoms with Gasteiger partial charge in [0, 0.05) is 12.6 Å². The zero-order chi connectivity index (χ0) is 12.0. The molecule has 0 bridgehead atoms. The van der Waals surface area contributed by atoms with Crippen LogP contribution in [-0.2, 0) is 0 Å². The van der Waals surface area contributed by atoms with Crippen LogP contribution in [0, 0.1) is 0 Å². The van der Waals surface area contributed by atoms with E-state index in [0.717, 1.165) is 19.4 Å². The smallest absolute Gasteiger partial charge is 0.0667 e. The molecule has 1 rings (SSSR count). The molecule has 0 aromatic carbocycles. The Morgan fingerprint density at radius 3 is 2.44 bits per heavy atom. The first-order valence-corrected chi connectivity index (χ1v) is 6.78. The third-order valence-electron chi connectivity index (χ3n) is 3.75. The van der Waals surface area contributed by atoms with Crippen molar-refractivity contribution < 1.29 is 5.11 Å². The summed E-state index contributed by atoms with van der Waals surface area (Å²) in [7, 11) is 2.16. The van der Waals surface area contributed by atoms with Gasteiger partial charge in [-0.1, -0.05) is 20.3 Å². The molecule has 0 amide bonds. The van der Waals surface area contributed by atoms with E-state index in [1.165, 1.54) is 32.5 Å². The number of piperidine rings is 1. The van der Waals surface area contributed by atoms with Crippen LogP contribution in [0.25, 0.3) is 0 Å². The quantitative estimate of drug-likeness (QED) is 0.747. The predicted molar refractivity (Wildman–Crippen MR) is 68.7 cm³/mol. The second kappa shape index (κ2) is 7.25. The summed E-state index contributed by atoms with van der Waals surface area (Å²) in [6.45, 7) is 8.81. The van der Waals surface area contributed by atoms with Gasteiger partial charge in [-0.25, -0.2) is 0 Å². The second-order valence-electron chi connectivity index (χ2n) is 5.05. The highest BCUT2D eigenvalue weighted by molar-refractivity contribution is 4.78. The van der Waals surface area contributed by atoms with Crippen molar-refractivity contribution in [1.29, 1.82) is 0 Å². The van der Waals surface area contributed by atoms with Crippen LogP contribution in [0.2, 0.25) is 0 Å². The molecule has 0 aliphatic carbocycles. The molecular weight excluding hydrogens is 200 g/mol. The van der Waals surface area contributed by atoms with E-state index in [2.05, 4.69) is 30.7 Å². The van der Waals surface area contributed by atoms with Gasteiger partial charge >= 0.3 is 0 Å². The molecule has 3 heteroatoms. The summed E-state index contributed by atoms with van der Waals surface area (Å²) in [4.78, 5) is 4.86. The Kier molecular flexibility index (Phi) is 6.32. The Balaban J connectivity index is 2.24. The maximum absolute atomic E-state index is 9.80. The van der Waals surface area contributed by atoms with E-state index < -0.39 is 0 Å². The molecular formula is C13H28N2O. The van der Waals surface area contributed by atoms with Crippen LogP contribution in [-0.4, -0.2) is 60.3 Å². The van der Waals surface area contributed by atoms with Crippen LogP contribution in [0.5, 0.6) is 0 Å². The second-order valence-corrected chi connectivity index (χ2v) is 5.05. The lowest BCUT2D eigenvalue weighted by Crippen LogP contribution is -2.45. The molecule has 1 atom stereocenters. The molecule has 1 aliphatic heterocycles. The van der Waals surface area contributed by atoms with E-state index in [4.69, 9.17) is 0 Å². The minimum atomic E-state index is -0.140. The fourth-order valence-corrected chi connectivity index (χ4v) is 2.58. The Morgan fingerprint density at radius 1 is 1.31 bits per heavy atom. The first-order valence-electron chi connectivity index (χ1n) is 6.78. The maximum atomic E-state index is 9.80. The summed E-state index contributed by atoms with van der Waals surface area (Å²) in [5.74, 6) is 0. The first-order chi connectivity index (χ1) is 7.67. The van der Waals surface area contributed by atoms with Crippen molar-refractivity contribution in [3.63, 3.8) is 0 Å². The molecule has 3 nitrogen and oxygen atoms in total. The third-order valence-corrected chi connectivity index (χ3v) is 3.75. The van der Waals surface area contributed by atoms with Crippen molar-refractivity contribution in [2.75, 3.05) is 33.2 Å². The highest BCUT2D eigenvalue weighted by Gasteiger charge is 2.22.